The van der Waals surface area contributed by atoms with E-state index in [-0.39, 0.29) is 17.0 Å². The van der Waals surface area contributed by atoms with E-state index in [1.54, 1.807) is 0 Å². The number of hydrogen-bond acceptors (Lipinski definition) is 2. The Bertz CT molecular complexity index is 686. The quantitative estimate of drug-likeness (QED) is 0.670. The summed E-state index contributed by atoms with van der Waals surface area (Å²) in [6, 6.07) is 13.6. The van der Waals surface area contributed by atoms with Crippen molar-refractivity contribution in [1.29, 1.82) is 0 Å². The van der Waals surface area contributed by atoms with Gasteiger partial charge in [0.2, 0.25) is 0 Å². The molecule has 3 rings (SSSR count). The van der Waals surface area contributed by atoms with Crippen LogP contribution < -0.4 is 0 Å². The van der Waals surface area contributed by atoms with Gasteiger partial charge >= 0.3 is 0 Å². The van der Waals surface area contributed by atoms with Crippen LogP contribution in [0.3, 0.4) is 0 Å². The Balaban J connectivity index is 1.61. The molecule has 26 heavy (non-hydrogen) atoms. The lowest BCUT2D eigenvalue weighted by molar-refractivity contribution is 0.0489. The van der Waals surface area contributed by atoms with E-state index in [0.717, 1.165) is 57.7 Å². The predicted octanol–water partition coefficient (Wildman–Crippen LogP) is 4.83. The summed E-state index contributed by atoms with van der Waals surface area (Å²) in [5, 5.41) is 0. The van der Waals surface area contributed by atoms with Crippen LogP contribution in [-0.2, 0) is 17.7 Å². The molecule has 1 aliphatic rings. The monoisotopic (exact) mass is 359 g/mol. The Morgan fingerprint density at radius 1 is 0.962 bits per heavy atom. The Morgan fingerprint density at radius 2 is 1.58 bits per heavy atom. The molecule has 1 fully saturated rings. The number of halogens is 2. The van der Waals surface area contributed by atoms with Crippen LogP contribution in [0.4, 0.5) is 8.78 Å². The van der Waals surface area contributed by atoms with Crippen molar-refractivity contribution < 1.29 is 13.5 Å². The first-order valence-corrected chi connectivity index (χ1v) is 9.38. The van der Waals surface area contributed by atoms with Gasteiger partial charge in [0.05, 0.1) is 6.61 Å². The van der Waals surface area contributed by atoms with Gasteiger partial charge in [-0.05, 0) is 68.1 Å². The molecule has 2 aromatic rings. The van der Waals surface area contributed by atoms with Crippen LogP contribution >= 0.6 is 0 Å². The molecule has 2 nitrogen and oxygen atoms in total. The lowest BCUT2D eigenvalue weighted by atomic mass is 9.82. The second kappa shape index (κ2) is 8.74. The average molecular weight is 359 g/mol. The Kier molecular flexibility index (Phi) is 6.38. The summed E-state index contributed by atoms with van der Waals surface area (Å²) in [7, 11) is 0. The highest BCUT2D eigenvalue weighted by Crippen LogP contribution is 2.36. The Hall–Kier alpha value is -1.78. The number of rotatable bonds is 8. The number of likely N-dealkylation sites (tertiary alicyclic amines) is 1. The predicted molar refractivity (Wildman–Crippen MR) is 99.9 cm³/mol. The number of aryl methyl sites for hydroxylation is 1. The van der Waals surface area contributed by atoms with E-state index in [1.165, 1.54) is 29.8 Å². The minimum atomic E-state index is -0.194. The molecule has 0 aromatic heterocycles. The molecule has 0 bridgehead atoms. The molecule has 0 radical (unpaired) electrons. The van der Waals surface area contributed by atoms with Gasteiger partial charge in [-0.2, -0.15) is 0 Å². The molecule has 0 unspecified atom stereocenters. The van der Waals surface area contributed by atoms with Gasteiger partial charge in [-0.3, -0.25) is 4.90 Å². The minimum absolute atomic E-state index is 0.129. The Morgan fingerprint density at radius 3 is 2.19 bits per heavy atom. The van der Waals surface area contributed by atoms with E-state index in [2.05, 4.69) is 4.90 Å². The summed E-state index contributed by atoms with van der Waals surface area (Å²) in [4.78, 5) is 2.43. The smallest absolute Gasteiger partial charge is 0.123 e. The summed E-state index contributed by atoms with van der Waals surface area (Å²) in [6.45, 7) is 6.34. The molecule has 0 aliphatic carbocycles. The van der Waals surface area contributed by atoms with Gasteiger partial charge < -0.3 is 4.74 Å². The lowest BCUT2D eigenvalue weighted by Crippen LogP contribution is -2.32. The number of ether oxygens (including phenoxy) is 1. The number of nitrogens with zero attached hydrogens (tertiary/aromatic N) is 1. The van der Waals surface area contributed by atoms with Gasteiger partial charge in [0.25, 0.3) is 0 Å². The average Bonchev–Trinajstić information content (AvgIpc) is 3.05. The van der Waals surface area contributed by atoms with Gasteiger partial charge in [-0.25, -0.2) is 8.78 Å². The van der Waals surface area contributed by atoms with E-state index in [1.807, 2.05) is 31.2 Å². The molecule has 0 saturated carbocycles. The third-order valence-corrected chi connectivity index (χ3v) is 5.31. The second-order valence-corrected chi connectivity index (χ2v) is 7.35. The minimum Gasteiger partial charge on any atom is -0.381 e. The van der Waals surface area contributed by atoms with Crippen LogP contribution in [0.2, 0.25) is 0 Å². The van der Waals surface area contributed by atoms with Crippen molar-refractivity contribution in [2.75, 3.05) is 26.3 Å². The molecule has 0 amide bonds. The van der Waals surface area contributed by atoms with Crippen molar-refractivity contribution in [2.45, 2.75) is 32.7 Å². The van der Waals surface area contributed by atoms with Crippen LogP contribution in [0.1, 0.15) is 30.9 Å². The first-order chi connectivity index (χ1) is 12.6. The van der Waals surface area contributed by atoms with E-state index in [0.29, 0.717) is 0 Å². The highest BCUT2D eigenvalue weighted by Gasteiger charge is 2.37. The molecule has 2 aromatic carbocycles. The fourth-order valence-corrected chi connectivity index (χ4v) is 3.78. The molecule has 0 N–H and O–H groups in total. The van der Waals surface area contributed by atoms with Crippen molar-refractivity contribution in [1.82, 2.24) is 4.90 Å². The summed E-state index contributed by atoms with van der Waals surface area (Å²) >= 11 is 0. The molecule has 1 heterocycles. The fraction of sp³-hybridized carbons (Fsp3) is 0.455. The number of benzene rings is 2. The van der Waals surface area contributed by atoms with Gasteiger partial charge in [-0.1, -0.05) is 24.3 Å². The zero-order valence-corrected chi connectivity index (χ0v) is 15.4. The molecule has 1 atom stereocenters. The molecule has 1 saturated heterocycles. The van der Waals surface area contributed by atoms with Crippen LogP contribution in [-0.4, -0.2) is 31.2 Å². The van der Waals surface area contributed by atoms with Crippen LogP contribution in [0, 0.1) is 17.0 Å². The van der Waals surface area contributed by atoms with E-state index < -0.39 is 0 Å². The van der Waals surface area contributed by atoms with Crippen molar-refractivity contribution in [3.8, 4) is 0 Å². The molecule has 1 aliphatic heterocycles. The molecular weight excluding hydrogens is 332 g/mol. The largest absolute Gasteiger partial charge is 0.381 e. The molecule has 0 spiro atoms. The fourth-order valence-electron chi connectivity index (χ4n) is 3.78. The number of hydrogen-bond donors (Lipinski definition) is 0. The van der Waals surface area contributed by atoms with Crippen LogP contribution in [0.25, 0.3) is 0 Å². The van der Waals surface area contributed by atoms with Crippen molar-refractivity contribution >= 4 is 0 Å². The van der Waals surface area contributed by atoms with E-state index >= 15 is 0 Å². The zero-order valence-electron chi connectivity index (χ0n) is 15.4. The first kappa shape index (κ1) is 19.0. The lowest BCUT2D eigenvalue weighted by Gasteiger charge is -2.29. The summed E-state index contributed by atoms with van der Waals surface area (Å²) in [6.07, 6.45) is 3.05. The van der Waals surface area contributed by atoms with Crippen LogP contribution in [0.15, 0.2) is 48.5 Å². The Labute approximate surface area is 154 Å². The molecular formula is C22H27F2NO. The highest BCUT2D eigenvalue weighted by atomic mass is 19.1. The van der Waals surface area contributed by atoms with Gasteiger partial charge in [-0.15, -0.1) is 0 Å². The third kappa shape index (κ3) is 5.12. The normalized spacial score (nSPS) is 20.6. The topological polar surface area (TPSA) is 12.5 Å². The van der Waals surface area contributed by atoms with Crippen molar-refractivity contribution in [3.05, 3.63) is 71.3 Å². The zero-order chi connectivity index (χ0) is 18.4. The third-order valence-electron chi connectivity index (χ3n) is 5.31. The van der Waals surface area contributed by atoms with Crippen molar-refractivity contribution in [3.63, 3.8) is 0 Å². The van der Waals surface area contributed by atoms with Gasteiger partial charge in [0, 0.05) is 25.1 Å². The standard InChI is InChI=1S/C22H27F2NO/c1-2-26-17-22(12-11-18-3-7-20(23)8-4-18)13-14-25(16-22)15-19-5-9-21(24)10-6-19/h3-10H,2,11-17H2,1H3/t22-/m1/s1. The SMILES string of the molecule is CCOC[C@]1(CCc2ccc(F)cc2)CCN(Cc2ccc(F)cc2)C1. The maximum absolute atomic E-state index is 13.1. The second-order valence-electron chi connectivity index (χ2n) is 7.35. The van der Waals surface area contributed by atoms with Gasteiger partial charge in [0.15, 0.2) is 0 Å². The van der Waals surface area contributed by atoms with E-state index in [4.69, 9.17) is 4.74 Å². The van der Waals surface area contributed by atoms with Crippen LogP contribution in [0.5, 0.6) is 0 Å². The maximum atomic E-state index is 13.1. The molecule has 4 heteroatoms. The summed E-state index contributed by atoms with van der Waals surface area (Å²) in [5.74, 6) is -0.385. The summed E-state index contributed by atoms with van der Waals surface area (Å²) in [5.41, 5.74) is 2.43. The molecule has 140 valence electrons. The van der Waals surface area contributed by atoms with E-state index in [9.17, 15) is 8.78 Å². The highest BCUT2D eigenvalue weighted by molar-refractivity contribution is 5.18. The maximum Gasteiger partial charge on any atom is 0.123 e. The van der Waals surface area contributed by atoms with Gasteiger partial charge in [0.1, 0.15) is 11.6 Å². The summed E-state index contributed by atoms with van der Waals surface area (Å²) < 4.78 is 32.0. The van der Waals surface area contributed by atoms with Crippen molar-refractivity contribution in [2.24, 2.45) is 5.41 Å². The first-order valence-electron chi connectivity index (χ1n) is 9.38.